The van der Waals surface area contributed by atoms with Gasteiger partial charge in [-0.1, -0.05) is 30.3 Å². The van der Waals surface area contributed by atoms with Gasteiger partial charge in [0.25, 0.3) is 11.8 Å². The van der Waals surface area contributed by atoms with E-state index >= 15 is 0 Å². The van der Waals surface area contributed by atoms with Crippen LogP contribution >= 0.6 is 0 Å². The number of aromatic nitrogens is 1. The average molecular weight is 514 g/mol. The normalized spacial score (nSPS) is 16.4. The van der Waals surface area contributed by atoms with Crippen LogP contribution in [0, 0.1) is 5.41 Å². The van der Waals surface area contributed by atoms with Crippen LogP contribution in [0.25, 0.3) is 0 Å². The Morgan fingerprint density at radius 3 is 2.18 bits per heavy atom. The third-order valence-corrected chi connectivity index (χ3v) is 7.76. The molecule has 1 spiro atoms. The Kier molecular flexibility index (Phi) is 7.13. The molecule has 38 heavy (non-hydrogen) atoms. The van der Waals surface area contributed by atoms with Gasteiger partial charge in [-0.25, -0.2) is 0 Å². The molecule has 2 amide bonds. The number of pyridine rings is 1. The van der Waals surface area contributed by atoms with Crippen LogP contribution in [0.5, 0.6) is 11.5 Å². The number of carbonyl (C=O) groups is 3. The zero-order chi connectivity index (χ0) is 26.7. The summed E-state index contributed by atoms with van der Waals surface area (Å²) in [6, 6.07) is 17.5. The van der Waals surface area contributed by atoms with Crippen LogP contribution < -0.4 is 9.47 Å². The van der Waals surface area contributed by atoms with Gasteiger partial charge in [0, 0.05) is 37.9 Å². The molecule has 0 N–H and O–H groups in total. The number of rotatable bonds is 6. The van der Waals surface area contributed by atoms with Gasteiger partial charge >= 0.3 is 0 Å². The van der Waals surface area contributed by atoms with Crippen molar-refractivity contribution in [2.24, 2.45) is 5.41 Å². The predicted octanol–water partition coefficient (Wildman–Crippen LogP) is 4.10. The fourth-order valence-corrected chi connectivity index (χ4v) is 5.51. The zero-order valence-corrected chi connectivity index (χ0v) is 21.7. The number of hydrogen-bond acceptors (Lipinski definition) is 6. The number of likely N-dealkylation sites (tertiary alicyclic amines) is 2. The summed E-state index contributed by atoms with van der Waals surface area (Å²) in [5.74, 6) is 0.605. The highest BCUT2D eigenvalue weighted by Gasteiger charge is 2.43. The minimum atomic E-state index is -0.221. The standard InChI is InChI=1S/C30H31N3O5/c1-37-22-10-11-25(38-2)24(19-22)28(35)32-16-12-30(13-17-32)14-18-33(20-30)29(36)26-23(9-6-15-31-26)27(34)21-7-4-3-5-8-21/h3-11,15,19H,12-14,16-18,20H2,1-2H3. The number of nitrogens with zero attached hydrogens (tertiary/aromatic N) is 3. The fraction of sp³-hybridized carbons (Fsp3) is 0.333. The lowest BCUT2D eigenvalue weighted by Crippen LogP contribution is -2.44. The summed E-state index contributed by atoms with van der Waals surface area (Å²) in [4.78, 5) is 47.9. The maximum atomic E-state index is 13.5. The summed E-state index contributed by atoms with van der Waals surface area (Å²) in [7, 11) is 3.12. The van der Waals surface area contributed by atoms with Crippen molar-refractivity contribution in [1.29, 1.82) is 0 Å². The van der Waals surface area contributed by atoms with E-state index in [1.807, 2.05) is 15.9 Å². The van der Waals surface area contributed by atoms with Crippen LogP contribution in [0.15, 0.2) is 66.9 Å². The molecule has 0 radical (unpaired) electrons. The maximum absolute atomic E-state index is 13.5. The van der Waals surface area contributed by atoms with Crippen LogP contribution in [0.1, 0.15) is 56.0 Å². The molecule has 0 aliphatic carbocycles. The maximum Gasteiger partial charge on any atom is 0.273 e. The number of ether oxygens (including phenoxy) is 2. The molecular formula is C30H31N3O5. The van der Waals surface area contributed by atoms with Crippen molar-refractivity contribution >= 4 is 17.6 Å². The Hall–Kier alpha value is -4.20. The van der Waals surface area contributed by atoms with Crippen molar-refractivity contribution in [3.05, 3.63) is 89.2 Å². The van der Waals surface area contributed by atoms with E-state index in [9.17, 15) is 14.4 Å². The Labute approximate surface area is 222 Å². The SMILES string of the molecule is COc1ccc(OC)c(C(=O)N2CCC3(CC2)CCN(C(=O)c2ncccc2C(=O)c2ccccc2)C3)c1. The molecule has 2 aromatic carbocycles. The van der Waals surface area contributed by atoms with Crippen LogP contribution in [0.3, 0.4) is 0 Å². The highest BCUT2D eigenvalue weighted by molar-refractivity contribution is 6.14. The fourth-order valence-electron chi connectivity index (χ4n) is 5.51. The van der Waals surface area contributed by atoms with Gasteiger partial charge in [0.1, 0.15) is 17.2 Å². The van der Waals surface area contributed by atoms with Crippen molar-refractivity contribution in [1.82, 2.24) is 14.8 Å². The first-order valence-corrected chi connectivity index (χ1v) is 12.8. The lowest BCUT2D eigenvalue weighted by atomic mass is 9.77. The van der Waals surface area contributed by atoms with Gasteiger partial charge in [0.05, 0.1) is 25.3 Å². The Bertz CT molecular complexity index is 1350. The van der Waals surface area contributed by atoms with Gasteiger partial charge in [0.15, 0.2) is 5.78 Å². The van der Waals surface area contributed by atoms with Crippen LogP contribution in [0.2, 0.25) is 0 Å². The first-order valence-electron chi connectivity index (χ1n) is 12.8. The van der Waals surface area contributed by atoms with E-state index in [1.165, 1.54) is 0 Å². The minimum Gasteiger partial charge on any atom is -0.497 e. The smallest absolute Gasteiger partial charge is 0.273 e. The summed E-state index contributed by atoms with van der Waals surface area (Å²) in [6.07, 6.45) is 4.01. The topological polar surface area (TPSA) is 89.0 Å². The van der Waals surface area contributed by atoms with Gasteiger partial charge in [-0.2, -0.15) is 0 Å². The lowest BCUT2D eigenvalue weighted by Gasteiger charge is -2.39. The number of ketones is 1. The van der Waals surface area contributed by atoms with E-state index in [-0.39, 0.29) is 28.7 Å². The van der Waals surface area contributed by atoms with Crippen molar-refractivity contribution < 1.29 is 23.9 Å². The molecule has 5 rings (SSSR count). The zero-order valence-electron chi connectivity index (χ0n) is 21.7. The van der Waals surface area contributed by atoms with E-state index in [4.69, 9.17) is 9.47 Å². The molecule has 2 aliphatic heterocycles. The number of hydrogen-bond donors (Lipinski definition) is 0. The molecule has 2 fully saturated rings. The van der Waals surface area contributed by atoms with Gasteiger partial charge in [-0.05, 0) is 55.0 Å². The van der Waals surface area contributed by atoms with Gasteiger partial charge in [-0.3, -0.25) is 19.4 Å². The highest BCUT2D eigenvalue weighted by Crippen LogP contribution is 2.41. The molecule has 0 atom stereocenters. The minimum absolute atomic E-state index is 0.0523. The lowest BCUT2D eigenvalue weighted by molar-refractivity contribution is 0.0561. The molecule has 0 bridgehead atoms. The van der Waals surface area contributed by atoms with Crippen LogP contribution in [-0.4, -0.2) is 72.8 Å². The Morgan fingerprint density at radius 1 is 0.789 bits per heavy atom. The van der Waals surface area contributed by atoms with Crippen LogP contribution in [0.4, 0.5) is 0 Å². The summed E-state index contributed by atoms with van der Waals surface area (Å²) >= 11 is 0. The quantitative estimate of drug-likeness (QED) is 0.461. The average Bonchev–Trinajstić information content (AvgIpc) is 3.39. The predicted molar refractivity (Wildman–Crippen MR) is 142 cm³/mol. The summed E-state index contributed by atoms with van der Waals surface area (Å²) in [5.41, 5.74) is 1.46. The Morgan fingerprint density at radius 2 is 1.50 bits per heavy atom. The second kappa shape index (κ2) is 10.7. The Balaban J connectivity index is 1.27. The number of benzene rings is 2. The largest absolute Gasteiger partial charge is 0.497 e. The van der Waals surface area contributed by atoms with Gasteiger partial charge in [-0.15, -0.1) is 0 Å². The van der Waals surface area contributed by atoms with E-state index in [2.05, 4.69) is 4.98 Å². The number of amides is 2. The molecule has 2 aliphatic rings. The van der Waals surface area contributed by atoms with Crippen LogP contribution in [-0.2, 0) is 0 Å². The number of piperidine rings is 1. The number of methoxy groups -OCH3 is 2. The van der Waals surface area contributed by atoms with E-state index in [0.29, 0.717) is 54.4 Å². The molecular weight excluding hydrogens is 482 g/mol. The third-order valence-electron chi connectivity index (χ3n) is 7.76. The first kappa shape index (κ1) is 25.4. The van der Waals surface area contributed by atoms with Crippen molar-refractivity contribution in [3.63, 3.8) is 0 Å². The third kappa shape index (κ3) is 4.86. The van der Waals surface area contributed by atoms with Gasteiger partial charge < -0.3 is 19.3 Å². The molecule has 196 valence electrons. The summed E-state index contributed by atoms with van der Waals surface area (Å²) < 4.78 is 10.7. The highest BCUT2D eigenvalue weighted by atomic mass is 16.5. The van der Waals surface area contributed by atoms with Crippen molar-refractivity contribution in [2.45, 2.75) is 19.3 Å². The molecule has 0 saturated carbocycles. The first-order chi connectivity index (χ1) is 18.4. The molecule has 8 heteroatoms. The number of carbonyl (C=O) groups excluding carboxylic acids is 3. The second-order valence-electron chi connectivity index (χ2n) is 9.93. The van der Waals surface area contributed by atoms with Gasteiger partial charge in [0.2, 0.25) is 0 Å². The summed E-state index contributed by atoms with van der Waals surface area (Å²) in [6.45, 7) is 2.39. The molecule has 3 heterocycles. The summed E-state index contributed by atoms with van der Waals surface area (Å²) in [5, 5.41) is 0. The van der Waals surface area contributed by atoms with Crippen molar-refractivity contribution in [3.8, 4) is 11.5 Å². The van der Waals surface area contributed by atoms with E-state index < -0.39 is 0 Å². The van der Waals surface area contributed by atoms with E-state index in [1.54, 1.807) is 75.0 Å². The molecule has 2 saturated heterocycles. The molecule has 3 aromatic rings. The molecule has 0 unspecified atom stereocenters. The van der Waals surface area contributed by atoms with Crippen molar-refractivity contribution in [2.75, 3.05) is 40.4 Å². The molecule has 1 aromatic heterocycles. The second-order valence-corrected chi connectivity index (χ2v) is 9.93. The monoisotopic (exact) mass is 513 g/mol. The molecule has 8 nitrogen and oxygen atoms in total. The van der Waals surface area contributed by atoms with E-state index in [0.717, 1.165) is 19.3 Å².